The number of benzene rings is 1. The lowest BCUT2D eigenvalue weighted by Gasteiger charge is -2.25. The van der Waals surface area contributed by atoms with Crippen molar-refractivity contribution in [1.29, 1.82) is 0 Å². The van der Waals surface area contributed by atoms with Crippen LogP contribution in [0.2, 0.25) is 0 Å². The average Bonchev–Trinajstić information content (AvgIpc) is 2.17. The number of nitrogen functional groups attached to an aromatic ring is 1. The van der Waals surface area contributed by atoms with Gasteiger partial charge in [0.25, 0.3) is 5.91 Å². The van der Waals surface area contributed by atoms with Gasteiger partial charge in [0.05, 0.1) is 11.3 Å². The summed E-state index contributed by atoms with van der Waals surface area (Å²) in [6, 6.07) is 3.43. The molecule has 1 aromatic rings. The highest BCUT2D eigenvalue weighted by Crippen LogP contribution is 2.31. The maximum absolute atomic E-state index is 11.7. The molecule has 4 nitrogen and oxygen atoms in total. The molecule has 1 amide bonds. The van der Waals surface area contributed by atoms with Gasteiger partial charge >= 0.3 is 0 Å². The minimum atomic E-state index is -0.156. The first-order valence-electron chi connectivity index (χ1n) is 4.47. The van der Waals surface area contributed by atoms with E-state index in [1.807, 2.05) is 0 Å². The Labute approximate surface area is 81.9 Å². The Morgan fingerprint density at radius 3 is 2.93 bits per heavy atom. The van der Waals surface area contributed by atoms with Crippen LogP contribution in [0.5, 0.6) is 5.75 Å². The molecular formula is C10H12N2O2. The van der Waals surface area contributed by atoms with Crippen LogP contribution in [0, 0.1) is 0 Å². The fourth-order valence-electron chi connectivity index (χ4n) is 1.68. The van der Waals surface area contributed by atoms with E-state index in [9.17, 15) is 9.90 Å². The number of hydrogen-bond donors (Lipinski definition) is 2. The molecule has 0 spiro atoms. The predicted molar refractivity (Wildman–Crippen MR) is 53.2 cm³/mol. The van der Waals surface area contributed by atoms with Crippen molar-refractivity contribution in [2.45, 2.75) is 6.42 Å². The van der Waals surface area contributed by atoms with Crippen LogP contribution >= 0.6 is 0 Å². The number of phenols is 1. The Morgan fingerprint density at radius 2 is 2.21 bits per heavy atom. The molecule has 1 aliphatic heterocycles. The molecule has 0 atom stereocenters. The first-order valence-corrected chi connectivity index (χ1v) is 4.47. The molecule has 1 aliphatic rings. The Kier molecular flexibility index (Phi) is 1.84. The zero-order chi connectivity index (χ0) is 10.3. The molecule has 74 valence electrons. The minimum absolute atomic E-state index is 0.0842. The molecule has 4 heteroatoms. The maximum Gasteiger partial charge on any atom is 0.257 e. The Hall–Kier alpha value is -1.71. The number of nitrogens with zero attached hydrogens (tertiary/aromatic N) is 1. The average molecular weight is 192 g/mol. The number of amides is 1. The van der Waals surface area contributed by atoms with Crippen molar-refractivity contribution in [3.63, 3.8) is 0 Å². The highest BCUT2D eigenvalue weighted by Gasteiger charge is 2.25. The molecule has 0 aliphatic carbocycles. The van der Waals surface area contributed by atoms with Crippen molar-refractivity contribution in [2.75, 3.05) is 19.3 Å². The molecule has 2 rings (SSSR count). The summed E-state index contributed by atoms with van der Waals surface area (Å²) >= 11 is 0. The van der Waals surface area contributed by atoms with E-state index < -0.39 is 0 Å². The number of carbonyl (C=O) groups is 1. The van der Waals surface area contributed by atoms with Crippen LogP contribution in [0.1, 0.15) is 15.9 Å². The van der Waals surface area contributed by atoms with Crippen LogP contribution in [0.4, 0.5) is 5.69 Å². The third kappa shape index (κ3) is 1.11. The molecule has 0 unspecified atom stereocenters. The number of anilines is 1. The first-order chi connectivity index (χ1) is 6.61. The predicted octanol–water partition coefficient (Wildman–Crippen LogP) is 0.603. The molecule has 0 saturated carbocycles. The van der Waals surface area contributed by atoms with Gasteiger partial charge in [-0.15, -0.1) is 0 Å². The van der Waals surface area contributed by atoms with Crippen LogP contribution in [0.3, 0.4) is 0 Å². The minimum Gasteiger partial charge on any atom is -0.505 e. The van der Waals surface area contributed by atoms with E-state index in [0.717, 1.165) is 12.0 Å². The van der Waals surface area contributed by atoms with E-state index >= 15 is 0 Å². The monoisotopic (exact) mass is 192 g/mol. The summed E-state index contributed by atoms with van der Waals surface area (Å²) in [6.07, 6.45) is 0.769. The van der Waals surface area contributed by atoms with Crippen LogP contribution in [-0.2, 0) is 6.42 Å². The lowest BCUT2D eigenvalue weighted by atomic mass is 9.97. The van der Waals surface area contributed by atoms with E-state index in [1.165, 1.54) is 0 Å². The maximum atomic E-state index is 11.7. The molecule has 1 aromatic carbocycles. The Morgan fingerprint density at radius 1 is 1.50 bits per heavy atom. The second-order valence-electron chi connectivity index (χ2n) is 3.51. The topological polar surface area (TPSA) is 66.6 Å². The summed E-state index contributed by atoms with van der Waals surface area (Å²) in [5.74, 6) is -0.241. The Bertz CT molecular complexity index is 401. The summed E-state index contributed by atoms with van der Waals surface area (Å²) in [5, 5.41) is 9.66. The quantitative estimate of drug-likeness (QED) is 0.467. The van der Waals surface area contributed by atoms with E-state index in [-0.39, 0.29) is 17.3 Å². The van der Waals surface area contributed by atoms with E-state index in [1.54, 1.807) is 24.1 Å². The SMILES string of the molecule is CN1CCc2ccc(N)c(O)c2C1=O. The molecule has 3 N–H and O–H groups in total. The van der Waals surface area contributed by atoms with Gasteiger partial charge in [-0.05, 0) is 18.1 Å². The molecule has 0 aromatic heterocycles. The molecule has 0 fully saturated rings. The third-order valence-corrected chi connectivity index (χ3v) is 2.57. The van der Waals surface area contributed by atoms with Gasteiger partial charge in [-0.3, -0.25) is 4.79 Å². The molecule has 0 radical (unpaired) electrons. The summed E-state index contributed by atoms with van der Waals surface area (Å²) in [6.45, 7) is 0.690. The number of nitrogens with two attached hydrogens (primary N) is 1. The van der Waals surface area contributed by atoms with Gasteiger partial charge in [0.2, 0.25) is 0 Å². The van der Waals surface area contributed by atoms with Gasteiger partial charge in [-0.1, -0.05) is 6.07 Å². The fraction of sp³-hybridized carbons (Fsp3) is 0.300. The smallest absolute Gasteiger partial charge is 0.257 e. The summed E-state index contributed by atoms with van der Waals surface area (Å²) in [5.41, 5.74) is 7.02. The molecule has 0 saturated heterocycles. The molecule has 1 heterocycles. The van der Waals surface area contributed by atoms with Gasteiger partial charge in [0.1, 0.15) is 0 Å². The largest absolute Gasteiger partial charge is 0.505 e. The summed E-state index contributed by atoms with van der Waals surface area (Å²) in [7, 11) is 1.72. The van der Waals surface area contributed by atoms with Crippen molar-refractivity contribution in [3.8, 4) is 5.75 Å². The first kappa shape index (κ1) is 8.87. The standard InChI is InChI=1S/C10H12N2O2/c1-12-5-4-6-2-3-7(11)9(13)8(6)10(12)14/h2-3,13H,4-5,11H2,1H3. The highest BCUT2D eigenvalue weighted by molar-refractivity contribution is 6.00. The lowest BCUT2D eigenvalue weighted by Crippen LogP contribution is -2.34. The zero-order valence-corrected chi connectivity index (χ0v) is 7.95. The van der Waals surface area contributed by atoms with Crippen molar-refractivity contribution >= 4 is 11.6 Å². The lowest BCUT2D eigenvalue weighted by molar-refractivity contribution is 0.0777. The van der Waals surface area contributed by atoms with E-state index in [4.69, 9.17) is 5.73 Å². The van der Waals surface area contributed by atoms with Crippen molar-refractivity contribution in [2.24, 2.45) is 0 Å². The van der Waals surface area contributed by atoms with Gasteiger partial charge in [0.15, 0.2) is 5.75 Å². The van der Waals surface area contributed by atoms with E-state index in [0.29, 0.717) is 12.1 Å². The number of likely N-dealkylation sites (N-methyl/N-ethyl adjacent to an activating group) is 1. The number of fused-ring (bicyclic) bond motifs is 1. The van der Waals surface area contributed by atoms with Crippen LogP contribution in [0.15, 0.2) is 12.1 Å². The fourth-order valence-corrected chi connectivity index (χ4v) is 1.68. The number of aromatic hydroxyl groups is 1. The number of phenolic OH excluding ortho intramolecular Hbond substituents is 1. The van der Waals surface area contributed by atoms with Gasteiger partial charge in [0, 0.05) is 13.6 Å². The highest BCUT2D eigenvalue weighted by atomic mass is 16.3. The van der Waals surface area contributed by atoms with Crippen molar-refractivity contribution in [1.82, 2.24) is 4.90 Å². The van der Waals surface area contributed by atoms with Crippen molar-refractivity contribution < 1.29 is 9.90 Å². The van der Waals surface area contributed by atoms with Gasteiger partial charge in [-0.2, -0.15) is 0 Å². The number of hydrogen-bond acceptors (Lipinski definition) is 3. The summed E-state index contributed by atoms with van der Waals surface area (Å²) in [4.78, 5) is 13.3. The van der Waals surface area contributed by atoms with Gasteiger partial charge < -0.3 is 15.7 Å². The molecular weight excluding hydrogens is 180 g/mol. The zero-order valence-electron chi connectivity index (χ0n) is 7.95. The second kappa shape index (κ2) is 2.90. The van der Waals surface area contributed by atoms with Crippen molar-refractivity contribution in [3.05, 3.63) is 23.3 Å². The third-order valence-electron chi connectivity index (χ3n) is 2.57. The van der Waals surface area contributed by atoms with E-state index in [2.05, 4.69) is 0 Å². The molecule has 14 heavy (non-hydrogen) atoms. The summed E-state index contributed by atoms with van der Waals surface area (Å²) < 4.78 is 0. The molecule has 0 bridgehead atoms. The van der Waals surface area contributed by atoms with Crippen LogP contribution < -0.4 is 5.73 Å². The number of rotatable bonds is 0. The second-order valence-corrected chi connectivity index (χ2v) is 3.51. The van der Waals surface area contributed by atoms with Crippen LogP contribution in [-0.4, -0.2) is 29.5 Å². The number of carbonyl (C=O) groups excluding carboxylic acids is 1. The van der Waals surface area contributed by atoms with Crippen LogP contribution in [0.25, 0.3) is 0 Å². The normalized spacial score (nSPS) is 15.5. The van der Waals surface area contributed by atoms with Gasteiger partial charge in [-0.25, -0.2) is 0 Å². The Balaban J connectivity index is 2.62.